The number of thiophene rings is 1. The fraction of sp³-hybridized carbons (Fsp3) is 0.278. The Labute approximate surface area is 129 Å². The Balaban J connectivity index is 2.05. The van der Waals surface area contributed by atoms with E-state index >= 15 is 0 Å². The highest BCUT2D eigenvalue weighted by Gasteiger charge is 2.20. The van der Waals surface area contributed by atoms with Crippen LogP contribution in [-0.4, -0.2) is 10.1 Å². The van der Waals surface area contributed by atoms with E-state index in [0.29, 0.717) is 0 Å². The largest absolute Gasteiger partial charge is 0.383 e. The van der Waals surface area contributed by atoms with Crippen molar-refractivity contribution in [2.75, 3.05) is 0 Å². The Morgan fingerprint density at radius 2 is 1.86 bits per heavy atom. The van der Waals surface area contributed by atoms with Crippen LogP contribution in [0.1, 0.15) is 42.2 Å². The highest BCUT2D eigenvalue weighted by Crippen LogP contribution is 2.36. The molecular weight excluding hydrogens is 278 g/mol. The lowest BCUT2D eigenvalue weighted by atomic mass is 9.95. The number of nitrogens with zero attached hydrogens (tertiary/aromatic N) is 1. The van der Waals surface area contributed by atoms with Gasteiger partial charge in [-0.05, 0) is 35.2 Å². The first-order chi connectivity index (χ1) is 9.97. The van der Waals surface area contributed by atoms with Gasteiger partial charge in [0.15, 0.2) is 0 Å². The van der Waals surface area contributed by atoms with Gasteiger partial charge in [-0.1, -0.05) is 39.0 Å². The summed E-state index contributed by atoms with van der Waals surface area (Å²) in [5.74, 6) is 0. The first-order valence-electron chi connectivity index (χ1n) is 7.09. The van der Waals surface area contributed by atoms with Gasteiger partial charge in [0, 0.05) is 21.3 Å². The number of hydrogen-bond donors (Lipinski definition) is 1. The molecule has 0 aliphatic heterocycles. The monoisotopic (exact) mass is 297 g/mol. The van der Waals surface area contributed by atoms with Crippen LogP contribution >= 0.6 is 11.3 Å². The van der Waals surface area contributed by atoms with Gasteiger partial charge in [-0.25, -0.2) is 0 Å². The lowest BCUT2D eigenvalue weighted by Gasteiger charge is -2.16. The molecule has 3 aromatic rings. The topological polar surface area (TPSA) is 33.1 Å². The quantitative estimate of drug-likeness (QED) is 0.745. The fourth-order valence-corrected chi connectivity index (χ4v) is 3.49. The predicted octanol–water partition coefficient (Wildman–Crippen LogP) is 4.68. The van der Waals surface area contributed by atoms with Crippen molar-refractivity contribution in [3.05, 3.63) is 64.0 Å². The Hall–Kier alpha value is -1.71. The molecule has 1 unspecified atom stereocenters. The molecule has 21 heavy (non-hydrogen) atoms. The van der Waals surface area contributed by atoms with E-state index in [-0.39, 0.29) is 5.41 Å². The van der Waals surface area contributed by atoms with E-state index in [1.165, 1.54) is 4.88 Å². The molecule has 2 nitrogen and oxygen atoms in total. The van der Waals surface area contributed by atoms with Crippen molar-refractivity contribution in [3.8, 4) is 0 Å². The average molecular weight is 297 g/mol. The van der Waals surface area contributed by atoms with Gasteiger partial charge in [0.1, 0.15) is 6.10 Å². The Bertz CT molecular complexity index is 765. The van der Waals surface area contributed by atoms with E-state index in [4.69, 9.17) is 0 Å². The lowest BCUT2D eigenvalue weighted by molar-refractivity contribution is 0.226. The summed E-state index contributed by atoms with van der Waals surface area (Å²) in [7, 11) is 0. The van der Waals surface area contributed by atoms with Gasteiger partial charge in [-0.3, -0.25) is 4.98 Å². The van der Waals surface area contributed by atoms with E-state index in [0.717, 1.165) is 21.3 Å². The zero-order valence-electron chi connectivity index (χ0n) is 12.5. The summed E-state index contributed by atoms with van der Waals surface area (Å²) in [4.78, 5) is 6.62. The zero-order chi connectivity index (χ0) is 15.0. The van der Waals surface area contributed by atoms with Crippen LogP contribution in [0.5, 0.6) is 0 Å². The summed E-state index contributed by atoms with van der Waals surface area (Å²) in [6.45, 7) is 6.57. The number of benzene rings is 1. The third-order valence-corrected chi connectivity index (χ3v) is 5.17. The minimum atomic E-state index is -0.598. The van der Waals surface area contributed by atoms with Gasteiger partial charge < -0.3 is 5.11 Å². The molecule has 0 aliphatic carbocycles. The molecule has 0 bridgehead atoms. The van der Waals surface area contributed by atoms with Crippen LogP contribution in [0.15, 0.2) is 48.7 Å². The average Bonchev–Trinajstić information content (AvgIpc) is 2.96. The number of aromatic nitrogens is 1. The summed E-state index contributed by atoms with van der Waals surface area (Å²) in [5.41, 5.74) is 1.95. The molecule has 0 spiro atoms. The zero-order valence-corrected chi connectivity index (χ0v) is 13.3. The number of rotatable bonds is 2. The maximum atomic E-state index is 10.8. The Morgan fingerprint density at radius 1 is 1.05 bits per heavy atom. The van der Waals surface area contributed by atoms with Crippen molar-refractivity contribution in [1.29, 1.82) is 0 Å². The number of aliphatic hydroxyl groups excluding tert-OH is 1. The number of aliphatic hydroxyl groups is 1. The summed E-state index contributed by atoms with van der Waals surface area (Å²) in [6.07, 6.45) is 1.18. The minimum absolute atomic E-state index is 0.114. The summed E-state index contributed by atoms with van der Waals surface area (Å²) in [6, 6.07) is 14.0. The first kappa shape index (κ1) is 14.2. The van der Waals surface area contributed by atoms with Crippen LogP contribution in [0.25, 0.3) is 10.9 Å². The first-order valence-corrected chi connectivity index (χ1v) is 7.90. The number of hydrogen-bond acceptors (Lipinski definition) is 3. The molecule has 0 radical (unpaired) electrons. The van der Waals surface area contributed by atoms with Gasteiger partial charge in [0.05, 0.1) is 5.52 Å². The van der Waals surface area contributed by atoms with Crippen molar-refractivity contribution >= 4 is 22.2 Å². The van der Waals surface area contributed by atoms with Crippen LogP contribution in [0, 0.1) is 0 Å². The maximum Gasteiger partial charge on any atom is 0.114 e. The summed E-state index contributed by atoms with van der Waals surface area (Å²) in [5, 5.41) is 11.8. The highest BCUT2D eigenvalue weighted by atomic mass is 32.1. The van der Waals surface area contributed by atoms with Crippen molar-refractivity contribution in [3.63, 3.8) is 0 Å². The molecule has 1 aromatic carbocycles. The smallest absolute Gasteiger partial charge is 0.114 e. The van der Waals surface area contributed by atoms with E-state index in [2.05, 4.69) is 31.8 Å². The molecule has 3 heteroatoms. The van der Waals surface area contributed by atoms with Crippen LogP contribution < -0.4 is 0 Å². The molecule has 0 saturated heterocycles. The normalized spacial score (nSPS) is 13.5. The van der Waals surface area contributed by atoms with Gasteiger partial charge >= 0.3 is 0 Å². The van der Waals surface area contributed by atoms with Crippen LogP contribution in [0.3, 0.4) is 0 Å². The molecule has 108 valence electrons. The second-order valence-electron chi connectivity index (χ2n) is 6.27. The highest BCUT2D eigenvalue weighted by molar-refractivity contribution is 7.12. The SMILES string of the molecule is CC(C)(C)c1ccc(C(O)c2cccc3ncccc23)s1. The number of pyridine rings is 1. The van der Waals surface area contributed by atoms with Crippen molar-refractivity contribution in [2.45, 2.75) is 32.3 Å². The standard InChI is InChI=1S/C18H19NOS/c1-18(2,3)16-10-9-15(21-16)17(20)13-6-4-8-14-12(13)7-5-11-19-14/h4-11,17,20H,1-3H3. The molecule has 1 N–H and O–H groups in total. The predicted molar refractivity (Wildman–Crippen MR) is 88.8 cm³/mol. The van der Waals surface area contributed by atoms with Crippen molar-refractivity contribution in [2.24, 2.45) is 0 Å². The van der Waals surface area contributed by atoms with E-state index in [1.807, 2.05) is 36.4 Å². The minimum Gasteiger partial charge on any atom is -0.383 e. The van der Waals surface area contributed by atoms with E-state index in [9.17, 15) is 5.11 Å². The van der Waals surface area contributed by atoms with Gasteiger partial charge in [-0.2, -0.15) is 0 Å². The lowest BCUT2D eigenvalue weighted by Crippen LogP contribution is -2.07. The fourth-order valence-electron chi connectivity index (χ4n) is 2.42. The number of fused-ring (bicyclic) bond motifs is 1. The van der Waals surface area contributed by atoms with Crippen LogP contribution in [0.4, 0.5) is 0 Å². The van der Waals surface area contributed by atoms with E-state index in [1.54, 1.807) is 17.5 Å². The Kier molecular flexibility index (Phi) is 3.56. The second-order valence-corrected chi connectivity index (χ2v) is 7.39. The van der Waals surface area contributed by atoms with Gasteiger partial charge in [0.2, 0.25) is 0 Å². The Morgan fingerprint density at radius 3 is 2.57 bits per heavy atom. The molecule has 0 saturated carbocycles. The molecule has 2 heterocycles. The second kappa shape index (κ2) is 5.24. The van der Waals surface area contributed by atoms with Gasteiger partial charge in [0.25, 0.3) is 0 Å². The third-order valence-electron chi connectivity index (χ3n) is 3.61. The van der Waals surface area contributed by atoms with Crippen LogP contribution in [0.2, 0.25) is 0 Å². The van der Waals surface area contributed by atoms with Crippen molar-refractivity contribution < 1.29 is 5.11 Å². The molecule has 0 amide bonds. The van der Waals surface area contributed by atoms with E-state index < -0.39 is 6.10 Å². The molecule has 0 aliphatic rings. The van der Waals surface area contributed by atoms with Crippen molar-refractivity contribution in [1.82, 2.24) is 4.98 Å². The molecule has 2 aromatic heterocycles. The molecular formula is C18H19NOS. The summed E-state index contributed by atoms with van der Waals surface area (Å²) >= 11 is 1.68. The van der Waals surface area contributed by atoms with Gasteiger partial charge in [-0.15, -0.1) is 11.3 Å². The molecule has 0 fully saturated rings. The van der Waals surface area contributed by atoms with Crippen LogP contribution in [-0.2, 0) is 5.41 Å². The summed E-state index contributed by atoms with van der Waals surface area (Å²) < 4.78 is 0. The third kappa shape index (κ3) is 2.71. The maximum absolute atomic E-state index is 10.8. The molecule has 1 atom stereocenters. The molecule has 3 rings (SSSR count).